The normalized spacial score (nSPS) is 13.3. The minimum Gasteiger partial charge on any atom is -0.507 e. The van der Waals surface area contributed by atoms with Gasteiger partial charge in [0.25, 0.3) is 0 Å². The maximum Gasteiger partial charge on any atom is 0.149 e. The van der Waals surface area contributed by atoms with E-state index in [2.05, 4.69) is 123 Å². The van der Waals surface area contributed by atoms with Gasteiger partial charge in [-0.2, -0.15) is 0 Å². The van der Waals surface area contributed by atoms with Crippen LogP contribution < -0.4 is 0 Å². The number of nitrogens with zero attached hydrogens (tertiary/aromatic N) is 3. The lowest BCUT2D eigenvalue weighted by atomic mass is 9.79. The number of benzene rings is 6. The van der Waals surface area contributed by atoms with Gasteiger partial charge in [-0.15, -0.1) is 0 Å². The monoisotopic (exact) mass is 804 g/mol. The van der Waals surface area contributed by atoms with E-state index >= 15 is 0 Å². The van der Waals surface area contributed by atoms with Crippen molar-refractivity contribution >= 4 is 11.0 Å². The molecule has 308 valence electrons. The third-order valence-corrected chi connectivity index (χ3v) is 11.9. The lowest BCUT2D eigenvalue weighted by molar-refractivity contribution is 0.472. The maximum absolute atomic E-state index is 11.8. The molecule has 0 atom stereocenters. The molecule has 2 aromatic heterocycles. The van der Waals surface area contributed by atoms with Gasteiger partial charge in [-0.25, -0.2) is 4.98 Å². The van der Waals surface area contributed by atoms with Gasteiger partial charge in [-0.1, -0.05) is 141 Å². The average Bonchev–Trinajstić information content (AvgIpc) is 3.63. The van der Waals surface area contributed by atoms with Gasteiger partial charge in [0, 0.05) is 21.4 Å². The zero-order valence-corrected chi connectivity index (χ0v) is 37.5. The molecule has 2 heterocycles. The Labute approximate surface area is 367 Å². The Kier molecular flexibility index (Phi) is 9.48. The van der Waals surface area contributed by atoms with Crippen LogP contribution in [0.2, 0.25) is 0 Å². The van der Waals surface area contributed by atoms with E-state index in [4.69, 9.17) is 14.1 Å². The molecule has 4 nitrogen and oxygen atoms in total. The van der Waals surface area contributed by atoms with E-state index < -0.39 is 6.85 Å². The first-order chi connectivity index (χ1) is 30.0. The van der Waals surface area contributed by atoms with Crippen molar-refractivity contribution in [3.8, 4) is 67.5 Å². The van der Waals surface area contributed by atoms with Crippen molar-refractivity contribution < 1.29 is 9.22 Å². The number of aromatic nitrogens is 3. The highest BCUT2D eigenvalue weighted by Crippen LogP contribution is 2.42. The number of fused-ring (bicyclic) bond motifs is 1. The topological polar surface area (TPSA) is 50.9 Å². The number of para-hydroxylation sites is 1. The van der Waals surface area contributed by atoms with Crippen LogP contribution in [0, 0.1) is 20.7 Å². The number of rotatable bonds is 6. The molecule has 0 unspecified atom stereocenters. The number of hydrogen-bond donors (Lipinski definition) is 1. The fourth-order valence-electron chi connectivity index (χ4n) is 8.22. The molecule has 6 aromatic carbocycles. The molecular formula is C57H59N3O. The van der Waals surface area contributed by atoms with E-state index in [1.807, 2.05) is 91.3 Å². The van der Waals surface area contributed by atoms with Crippen LogP contribution in [-0.2, 0) is 16.2 Å². The van der Waals surface area contributed by atoms with Crippen LogP contribution in [0.3, 0.4) is 0 Å². The molecule has 0 radical (unpaired) electrons. The van der Waals surface area contributed by atoms with Gasteiger partial charge in [0.1, 0.15) is 11.6 Å². The van der Waals surface area contributed by atoms with E-state index in [1.54, 1.807) is 0 Å². The Bertz CT molecular complexity index is 3030. The number of phenols is 1. The fourth-order valence-corrected chi connectivity index (χ4v) is 8.22. The summed E-state index contributed by atoms with van der Waals surface area (Å²) in [6.07, 6.45) is 1.87. The predicted molar refractivity (Wildman–Crippen MR) is 258 cm³/mol. The third-order valence-electron chi connectivity index (χ3n) is 11.9. The van der Waals surface area contributed by atoms with Crippen LogP contribution >= 0.6 is 0 Å². The fraction of sp³-hybridized carbons (Fsp3) is 0.263. The number of hydrogen-bond acceptors (Lipinski definition) is 3. The summed E-state index contributed by atoms with van der Waals surface area (Å²) in [5.41, 5.74) is 15.0. The number of phenolic OH excluding ortho intramolecular Hbond substituents is 1. The Balaban J connectivity index is 1.40. The Morgan fingerprint density at radius 2 is 1.16 bits per heavy atom. The van der Waals surface area contributed by atoms with Gasteiger partial charge in [0.15, 0.2) is 0 Å². The standard InChI is InChI=1S/C57H59N3O/c1-35-25-37(3)53(61)48(26-35)54-59-52-47(42-28-43(32-44(31-42)55(4,5)6)49-33-40(23-24-58-49)38-17-14-13-15-18-38)19-16-20-51(52)60(54)50-22-21-39(27-36(50)2)41-29-45(56(7,8)9)34-46(30-41)57(10,11)12/h13-34,61H,1-12H3/i2D3. The zero-order valence-electron chi connectivity index (χ0n) is 40.5. The van der Waals surface area contributed by atoms with Gasteiger partial charge in [0.05, 0.1) is 28.0 Å². The average molecular weight is 805 g/mol. The van der Waals surface area contributed by atoms with Crippen LogP contribution in [0.1, 0.15) is 99.8 Å². The molecule has 0 saturated heterocycles. The van der Waals surface area contributed by atoms with Crippen LogP contribution in [-0.4, -0.2) is 19.6 Å². The third kappa shape index (κ3) is 8.16. The molecule has 0 spiro atoms. The molecule has 4 heteroatoms. The van der Waals surface area contributed by atoms with Crippen molar-refractivity contribution in [3.05, 3.63) is 167 Å². The second-order valence-corrected chi connectivity index (χ2v) is 19.8. The molecular weight excluding hydrogens is 743 g/mol. The van der Waals surface area contributed by atoms with Crippen molar-refractivity contribution in [2.45, 2.75) is 99.3 Å². The first-order valence-corrected chi connectivity index (χ1v) is 21.3. The van der Waals surface area contributed by atoms with Crippen LogP contribution in [0.4, 0.5) is 0 Å². The van der Waals surface area contributed by atoms with Gasteiger partial charge < -0.3 is 5.11 Å². The number of aromatic hydroxyl groups is 1. The van der Waals surface area contributed by atoms with E-state index in [9.17, 15) is 5.11 Å². The van der Waals surface area contributed by atoms with Crippen molar-refractivity contribution in [2.75, 3.05) is 0 Å². The maximum atomic E-state index is 11.8. The van der Waals surface area contributed by atoms with Crippen molar-refractivity contribution in [3.63, 3.8) is 0 Å². The van der Waals surface area contributed by atoms with Gasteiger partial charge >= 0.3 is 0 Å². The zero-order chi connectivity index (χ0) is 46.1. The quantitative estimate of drug-likeness (QED) is 0.182. The van der Waals surface area contributed by atoms with Gasteiger partial charge in [-0.05, 0) is 147 Å². The summed E-state index contributed by atoms with van der Waals surface area (Å²) in [7, 11) is 0. The summed E-state index contributed by atoms with van der Waals surface area (Å²) >= 11 is 0. The lowest BCUT2D eigenvalue weighted by Crippen LogP contribution is -2.16. The van der Waals surface area contributed by atoms with Crippen molar-refractivity contribution in [1.29, 1.82) is 0 Å². The number of pyridine rings is 1. The van der Waals surface area contributed by atoms with Crippen LogP contribution in [0.5, 0.6) is 5.75 Å². The molecule has 0 aliphatic heterocycles. The lowest BCUT2D eigenvalue weighted by Gasteiger charge is -2.26. The molecule has 0 saturated carbocycles. The minimum absolute atomic E-state index is 0.103. The molecule has 0 fully saturated rings. The van der Waals surface area contributed by atoms with Crippen molar-refractivity contribution in [1.82, 2.24) is 14.5 Å². The number of imidazole rings is 1. The predicted octanol–water partition coefficient (Wildman–Crippen LogP) is 15.3. The van der Waals surface area contributed by atoms with Crippen LogP contribution in [0.25, 0.3) is 72.7 Å². The van der Waals surface area contributed by atoms with Crippen molar-refractivity contribution in [2.24, 2.45) is 0 Å². The Hall–Kier alpha value is -6.26. The molecule has 61 heavy (non-hydrogen) atoms. The summed E-state index contributed by atoms with van der Waals surface area (Å²) in [5, 5.41) is 11.8. The Morgan fingerprint density at radius 1 is 0.525 bits per heavy atom. The molecule has 0 bridgehead atoms. The molecule has 8 aromatic rings. The van der Waals surface area contributed by atoms with E-state index in [0.29, 0.717) is 28.2 Å². The van der Waals surface area contributed by atoms with Crippen LogP contribution in [0.15, 0.2) is 134 Å². The minimum atomic E-state index is -2.49. The van der Waals surface area contributed by atoms with E-state index in [0.717, 1.165) is 61.3 Å². The SMILES string of the molecule is [2H]C([2H])([2H])c1cc(-c2cc(C(C)(C)C)cc(C(C)(C)C)c2)ccc1-n1c(-c2cc(C)cc(C)c2O)nc2c(-c3cc(-c4cc(-c5ccccc5)ccn4)cc(C(C)(C)C)c3)cccc21. The summed E-state index contributed by atoms with van der Waals surface area (Å²) in [6.45, 7) is 21.3. The molecule has 8 rings (SSSR count). The second kappa shape index (κ2) is 15.3. The summed E-state index contributed by atoms with van der Waals surface area (Å²) in [5.74, 6) is 0.560. The highest BCUT2D eigenvalue weighted by Gasteiger charge is 2.25. The Morgan fingerprint density at radius 3 is 1.84 bits per heavy atom. The largest absolute Gasteiger partial charge is 0.507 e. The first kappa shape index (κ1) is 37.7. The van der Waals surface area contributed by atoms with Gasteiger partial charge in [-0.3, -0.25) is 9.55 Å². The summed E-state index contributed by atoms with van der Waals surface area (Å²) in [4.78, 5) is 10.3. The highest BCUT2D eigenvalue weighted by atomic mass is 16.3. The highest BCUT2D eigenvalue weighted by molar-refractivity contribution is 5.97. The molecule has 0 aliphatic rings. The second-order valence-electron chi connectivity index (χ2n) is 19.8. The molecule has 0 amide bonds. The molecule has 1 N–H and O–H groups in total. The smallest absolute Gasteiger partial charge is 0.149 e. The van der Waals surface area contributed by atoms with Gasteiger partial charge in [0.2, 0.25) is 0 Å². The first-order valence-electron chi connectivity index (χ1n) is 22.8. The number of aryl methyl sites for hydroxylation is 3. The summed E-state index contributed by atoms with van der Waals surface area (Å²) < 4.78 is 29.0. The molecule has 0 aliphatic carbocycles. The summed E-state index contributed by atoms with van der Waals surface area (Å²) in [6, 6.07) is 43.5. The van der Waals surface area contributed by atoms with E-state index in [1.165, 1.54) is 11.1 Å². The van der Waals surface area contributed by atoms with E-state index in [-0.39, 0.29) is 27.6 Å².